The third-order valence-electron chi connectivity index (χ3n) is 2.93. The molecule has 2 rings (SSSR count). The van der Waals surface area contributed by atoms with Crippen molar-refractivity contribution in [2.45, 2.75) is 13.0 Å². The highest BCUT2D eigenvalue weighted by atomic mass is 35.5. The van der Waals surface area contributed by atoms with Crippen LogP contribution in [-0.2, 0) is 0 Å². The van der Waals surface area contributed by atoms with E-state index >= 15 is 0 Å². The first-order valence-corrected chi connectivity index (χ1v) is 6.46. The number of piperazine rings is 1. The van der Waals surface area contributed by atoms with Crippen LogP contribution in [-0.4, -0.2) is 43.7 Å². The maximum Gasteiger partial charge on any atom is 0.120 e. The van der Waals surface area contributed by atoms with Gasteiger partial charge in [-0.15, -0.1) is 0 Å². The van der Waals surface area contributed by atoms with Crippen molar-refractivity contribution in [3.8, 4) is 5.75 Å². The number of hydrogen-bond acceptors (Lipinski definition) is 3. The summed E-state index contributed by atoms with van der Waals surface area (Å²) < 4.78 is 5.68. The molecule has 0 spiro atoms. The molecule has 1 fully saturated rings. The molecule has 4 heteroatoms. The largest absolute Gasteiger partial charge is 0.492 e. The van der Waals surface area contributed by atoms with Crippen molar-refractivity contribution in [1.29, 1.82) is 0 Å². The van der Waals surface area contributed by atoms with E-state index in [0.29, 0.717) is 12.6 Å². The number of halogens is 1. The second kappa shape index (κ2) is 6.24. The van der Waals surface area contributed by atoms with Crippen molar-refractivity contribution in [3.05, 3.63) is 29.3 Å². The summed E-state index contributed by atoms with van der Waals surface area (Å²) >= 11 is 5.89. The van der Waals surface area contributed by atoms with Crippen LogP contribution in [0.3, 0.4) is 0 Å². The molecule has 0 saturated carbocycles. The third-order valence-corrected chi connectivity index (χ3v) is 3.16. The molecule has 1 aromatic rings. The van der Waals surface area contributed by atoms with Crippen LogP contribution >= 0.6 is 11.6 Å². The van der Waals surface area contributed by atoms with E-state index in [0.717, 1.165) is 37.0 Å². The van der Waals surface area contributed by atoms with Crippen LogP contribution in [0.2, 0.25) is 5.02 Å². The van der Waals surface area contributed by atoms with Gasteiger partial charge in [-0.05, 0) is 25.1 Å². The molecule has 94 valence electrons. The second-order valence-corrected chi connectivity index (χ2v) is 4.90. The van der Waals surface area contributed by atoms with Gasteiger partial charge in [0.25, 0.3) is 0 Å². The number of rotatable bonds is 4. The van der Waals surface area contributed by atoms with Gasteiger partial charge in [-0.3, -0.25) is 4.90 Å². The highest BCUT2D eigenvalue weighted by Gasteiger charge is 2.14. The molecule has 1 saturated heterocycles. The van der Waals surface area contributed by atoms with Gasteiger partial charge in [0.05, 0.1) is 0 Å². The van der Waals surface area contributed by atoms with Gasteiger partial charge in [-0.25, -0.2) is 0 Å². The minimum absolute atomic E-state index is 0.579. The maximum atomic E-state index is 5.89. The minimum atomic E-state index is 0.579. The van der Waals surface area contributed by atoms with Crippen LogP contribution in [0, 0.1) is 0 Å². The lowest BCUT2D eigenvalue weighted by atomic mass is 10.2. The zero-order valence-electron chi connectivity index (χ0n) is 10.2. The van der Waals surface area contributed by atoms with Gasteiger partial charge in [-0.2, -0.15) is 0 Å². The van der Waals surface area contributed by atoms with Crippen molar-refractivity contribution in [2.24, 2.45) is 0 Å². The van der Waals surface area contributed by atoms with Crippen molar-refractivity contribution >= 4 is 11.6 Å². The highest BCUT2D eigenvalue weighted by molar-refractivity contribution is 6.30. The molecule has 0 radical (unpaired) electrons. The molecule has 1 aliphatic heterocycles. The standard InChI is InChI=1S/C13H19ClN2O/c1-11-10-16(6-5-15-11)7-8-17-13-4-2-3-12(14)9-13/h2-4,9,11,15H,5-8,10H2,1H3/t11-/m1/s1. The van der Waals surface area contributed by atoms with Gasteiger partial charge < -0.3 is 10.1 Å². The van der Waals surface area contributed by atoms with Gasteiger partial charge in [0.15, 0.2) is 0 Å². The number of nitrogens with zero attached hydrogens (tertiary/aromatic N) is 1. The lowest BCUT2D eigenvalue weighted by Crippen LogP contribution is -2.50. The van der Waals surface area contributed by atoms with Gasteiger partial charge >= 0.3 is 0 Å². The molecule has 0 unspecified atom stereocenters. The summed E-state index contributed by atoms with van der Waals surface area (Å²) in [6.07, 6.45) is 0. The number of ether oxygens (including phenoxy) is 1. The van der Waals surface area contributed by atoms with E-state index in [1.54, 1.807) is 0 Å². The van der Waals surface area contributed by atoms with Gasteiger partial charge in [0, 0.05) is 37.2 Å². The van der Waals surface area contributed by atoms with Gasteiger partial charge in [-0.1, -0.05) is 17.7 Å². The molecular formula is C13H19ClN2O. The normalized spacial score (nSPS) is 21.4. The average molecular weight is 255 g/mol. The van der Waals surface area contributed by atoms with Crippen molar-refractivity contribution in [2.75, 3.05) is 32.8 Å². The SMILES string of the molecule is C[C@@H]1CN(CCOc2cccc(Cl)c2)CCN1. The summed E-state index contributed by atoms with van der Waals surface area (Å²) in [5.74, 6) is 0.848. The van der Waals surface area contributed by atoms with E-state index in [9.17, 15) is 0 Å². The molecule has 0 amide bonds. The summed E-state index contributed by atoms with van der Waals surface area (Å²) in [7, 11) is 0. The Labute approximate surface area is 108 Å². The molecule has 0 aliphatic carbocycles. The molecule has 1 aromatic carbocycles. The van der Waals surface area contributed by atoms with Crippen molar-refractivity contribution in [3.63, 3.8) is 0 Å². The molecule has 1 N–H and O–H groups in total. The lowest BCUT2D eigenvalue weighted by Gasteiger charge is -2.31. The zero-order chi connectivity index (χ0) is 12.1. The summed E-state index contributed by atoms with van der Waals surface area (Å²) in [6.45, 7) is 7.16. The predicted octanol–water partition coefficient (Wildman–Crippen LogP) is 2.01. The molecule has 0 aromatic heterocycles. The number of benzene rings is 1. The molecule has 17 heavy (non-hydrogen) atoms. The van der Waals surface area contributed by atoms with Crippen LogP contribution < -0.4 is 10.1 Å². The predicted molar refractivity (Wildman–Crippen MR) is 70.9 cm³/mol. The lowest BCUT2D eigenvalue weighted by molar-refractivity contribution is 0.170. The van der Waals surface area contributed by atoms with E-state index < -0.39 is 0 Å². The maximum absolute atomic E-state index is 5.89. The van der Waals surface area contributed by atoms with Crippen LogP contribution in [0.1, 0.15) is 6.92 Å². The van der Waals surface area contributed by atoms with Gasteiger partial charge in [0.1, 0.15) is 12.4 Å². The van der Waals surface area contributed by atoms with Crippen LogP contribution in [0.5, 0.6) is 5.75 Å². The molecular weight excluding hydrogens is 236 g/mol. The highest BCUT2D eigenvalue weighted by Crippen LogP contribution is 2.16. The van der Waals surface area contributed by atoms with Crippen LogP contribution in [0.4, 0.5) is 0 Å². The average Bonchev–Trinajstić information content (AvgIpc) is 2.29. The Bertz CT molecular complexity index is 359. The zero-order valence-corrected chi connectivity index (χ0v) is 10.9. The summed E-state index contributed by atoms with van der Waals surface area (Å²) in [5.41, 5.74) is 0. The Morgan fingerprint density at radius 1 is 1.53 bits per heavy atom. The van der Waals surface area contributed by atoms with E-state index in [2.05, 4.69) is 17.1 Å². The number of nitrogens with one attached hydrogen (secondary N) is 1. The van der Waals surface area contributed by atoms with Crippen molar-refractivity contribution < 1.29 is 4.74 Å². The van der Waals surface area contributed by atoms with Crippen LogP contribution in [0.25, 0.3) is 0 Å². The van der Waals surface area contributed by atoms with E-state index in [4.69, 9.17) is 16.3 Å². The summed E-state index contributed by atoms with van der Waals surface area (Å²) in [6, 6.07) is 8.13. The Morgan fingerprint density at radius 2 is 2.41 bits per heavy atom. The Hall–Kier alpha value is -0.770. The van der Waals surface area contributed by atoms with E-state index in [-0.39, 0.29) is 0 Å². The van der Waals surface area contributed by atoms with E-state index in [1.165, 1.54) is 0 Å². The second-order valence-electron chi connectivity index (χ2n) is 4.46. The monoisotopic (exact) mass is 254 g/mol. The fourth-order valence-electron chi connectivity index (χ4n) is 2.06. The first-order chi connectivity index (χ1) is 8.24. The fourth-order valence-corrected chi connectivity index (χ4v) is 2.24. The molecule has 3 nitrogen and oxygen atoms in total. The summed E-state index contributed by atoms with van der Waals surface area (Å²) in [4.78, 5) is 2.42. The smallest absolute Gasteiger partial charge is 0.120 e. The van der Waals surface area contributed by atoms with Gasteiger partial charge in [0.2, 0.25) is 0 Å². The summed E-state index contributed by atoms with van der Waals surface area (Å²) in [5, 5.41) is 4.15. The molecule has 1 aliphatic rings. The Balaban J connectivity index is 1.72. The third kappa shape index (κ3) is 4.19. The van der Waals surface area contributed by atoms with Crippen molar-refractivity contribution in [1.82, 2.24) is 10.2 Å². The molecule has 0 bridgehead atoms. The topological polar surface area (TPSA) is 24.5 Å². The molecule has 1 heterocycles. The quantitative estimate of drug-likeness (QED) is 0.890. The molecule has 1 atom stereocenters. The van der Waals surface area contributed by atoms with Crippen LogP contribution in [0.15, 0.2) is 24.3 Å². The first kappa shape index (κ1) is 12.7. The fraction of sp³-hybridized carbons (Fsp3) is 0.538. The number of hydrogen-bond donors (Lipinski definition) is 1. The first-order valence-electron chi connectivity index (χ1n) is 6.08. The van der Waals surface area contributed by atoms with E-state index in [1.807, 2.05) is 24.3 Å². The Kier molecular flexibility index (Phi) is 4.66. The Morgan fingerprint density at radius 3 is 3.18 bits per heavy atom. The minimum Gasteiger partial charge on any atom is -0.492 e.